The Labute approximate surface area is 245 Å². The van der Waals surface area contributed by atoms with Crippen LogP contribution < -0.4 is 0 Å². The first-order valence-corrected chi connectivity index (χ1v) is 16.2. The Hall–Kier alpha value is -1.95. The molecule has 0 saturated heterocycles. The van der Waals surface area contributed by atoms with E-state index >= 15 is 0 Å². The fourth-order valence-corrected chi connectivity index (χ4v) is 4.36. The first-order valence-electron chi connectivity index (χ1n) is 16.2. The van der Waals surface area contributed by atoms with Crippen molar-refractivity contribution >= 4 is 17.7 Å². The van der Waals surface area contributed by atoms with Gasteiger partial charge in [0.1, 0.15) is 6.61 Å². The number of ether oxygens (including phenoxy) is 2. The molecular formula is C34H60O6. The maximum absolute atomic E-state index is 12.0. The van der Waals surface area contributed by atoms with E-state index in [1.807, 2.05) is 12.2 Å². The molecule has 0 aliphatic carbocycles. The van der Waals surface area contributed by atoms with Crippen LogP contribution in [0.3, 0.4) is 0 Å². The van der Waals surface area contributed by atoms with Crippen molar-refractivity contribution in [3.05, 3.63) is 24.3 Å². The smallest absolute Gasteiger partial charge is 0.306 e. The van der Waals surface area contributed by atoms with Crippen LogP contribution in [0.4, 0.5) is 0 Å². The van der Waals surface area contributed by atoms with Crippen LogP contribution in [0.25, 0.3) is 0 Å². The number of esters is 2. The van der Waals surface area contributed by atoms with Crippen molar-refractivity contribution < 1.29 is 29.0 Å². The van der Waals surface area contributed by atoms with Gasteiger partial charge in [0.15, 0.2) is 11.9 Å². The van der Waals surface area contributed by atoms with Crippen LogP contribution >= 0.6 is 0 Å². The molecule has 1 atom stereocenters. The van der Waals surface area contributed by atoms with Crippen molar-refractivity contribution in [1.29, 1.82) is 0 Å². The summed E-state index contributed by atoms with van der Waals surface area (Å²) in [7, 11) is 0. The van der Waals surface area contributed by atoms with Crippen molar-refractivity contribution in [1.82, 2.24) is 0 Å². The van der Waals surface area contributed by atoms with Gasteiger partial charge in [0.05, 0.1) is 6.61 Å². The molecule has 40 heavy (non-hydrogen) atoms. The molecule has 0 rings (SSSR count). The van der Waals surface area contributed by atoms with Crippen molar-refractivity contribution in [3.63, 3.8) is 0 Å². The number of hydrogen-bond donors (Lipinski definition) is 1. The molecule has 0 aromatic rings. The summed E-state index contributed by atoms with van der Waals surface area (Å²) in [4.78, 5) is 35.9. The number of carbonyl (C=O) groups is 3. The minimum absolute atomic E-state index is 0.110. The molecule has 0 aliphatic rings. The van der Waals surface area contributed by atoms with E-state index in [0.717, 1.165) is 63.7 Å². The van der Waals surface area contributed by atoms with E-state index in [4.69, 9.17) is 9.47 Å². The van der Waals surface area contributed by atoms with Crippen molar-refractivity contribution in [2.24, 2.45) is 5.92 Å². The molecule has 0 aromatic heterocycles. The van der Waals surface area contributed by atoms with Gasteiger partial charge in [-0.05, 0) is 44.1 Å². The summed E-state index contributed by atoms with van der Waals surface area (Å²) in [6, 6.07) is 0. The first-order chi connectivity index (χ1) is 19.4. The average molecular weight is 565 g/mol. The topological polar surface area (TPSA) is 89.9 Å². The third kappa shape index (κ3) is 27.6. The Balaban J connectivity index is 3.71. The quantitative estimate of drug-likeness (QED) is 0.0443. The molecule has 0 unspecified atom stereocenters. The van der Waals surface area contributed by atoms with Gasteiger partial charge in [-0.15, -0.1) is 0 Å². The number of allylic oxidation sites excluding steroid dienone is 4. The lowest BCUT2D eigenvalue weighted by molar-refractivity contribution is -0.161. The summed E-state index contributed by atoms with van der Waals surface area (Å²) in [6.45, 7) is 6.23. The van der Waals surface area contributed by atoms with Crippen molar-refractivity contribution in [2.45, 2.75) is 155 Å². The molecule has 0 saturated carbocycles. The second kappa shape index (κ2) is 28.6. The minimum Gasteiger partial charge on any atom is -0.462 e. The molecule has 0 aromatic carbocycles. The van der Waals surface area contributed by atoms with Gasteiger partial charge in [-0.2, -0.15) is 0 Å². The highest BCUT2D eigenvalue weighted by molar-refractivity contribution is 5.89. The second-order valence-electron chi connectivity index (χ2n) is 11.4. The summed E-state index contributed by atoms with van der Waals surface area (Å²) >= 11 is 0. The van der Waals surface area contributed by atoms with Gasteiger partial charge in [-0.3, -0.25) is 14.4 Å². The monoisotopic (exact) mass is 564 g/mol. The number of unbranched alkanes of at least 4 members (excludes halogenated alkanes) is 13. The van der Waals surface area contributed by atoms with Gasteiger partial charge in [0.25, 0.3) is 0 Å². The third-order valence-electron chi connectivity index (χ3n) is 6.90. The molecule has 0 fully saturated rings. The van der Waals surface area contributed by atoms with Crippen LogP contribution in [-0.4, -0.2) is 42.1 Å². The van der Waals surface area contributed by atoms with Gasteiger partial charge in [0.2, 0.25) is 0 Å². The number of aliphatic hydroxyl groups excluding tert-OH is 1. The Morgan fingerprint density at radius 2 is 1.27 bits per heavy atom. The molecular weight excluding hydrogens is 504 g/mol. The lowest BCUT2D eigenvalue weighted by Crippen LogP contribution is -2.28. The molecule has 0 radical (unpaired) electrons. The van der Waals surface area contributed by atoms with Crippen molar-refractivity contribution in [2.75, 3.05) is 13.2 Å². The summed E-state index contributed by atoms with van der Waals surface area (Å²) in [6.07, 6.45) is 26.3. The standard InChI is InChI=1S/C34H60O6/c1-4-5-6-7-9-14-19-24-31(36)25-20-15-12-17-21-26-33(37)39-29-32(28-35)40-34(38)27-22-16-11-8-10-13-18-23-30(2)3/h9,14,19,24,30,32,35H,4-8,10-13,15-18,20-23,25-29H2,1-3H3/b14-9-,24-19+/t32-/m0/s1. The molecule has 0 bridgehead atoms. The third-order valence-corrected chi connectivity index (χ3v) is 6.90. The van der Waals surface area contributed by atoms with Crippen LogP contribution in [0.15, 0.2) is 24.3 Å². The highest BCUT2D eigenvalue weighted by Gasteiger charge is 2.16. The zero-order valence-corrected chi connectivity index (χ0v) is 26.0. The molecule has 0 spiro atoms. The molecule has 6 heteroatoms. The van der Waals surface area contributed by atoms with Gasteiger partial charge < -0.3 is 14.6 Å². The fourth-order valence-electron chi connectivity index (χ4n) is 4.36. The van der Waals surface area contributed by atoms with Gasteiger partial charge >= 0.3 is 11.9 Å². The highest BCUT2D eigenvalue weighted by Crippen LogP contribution is 2.13. The Morgan fingerprint density at radius 3 is 1.88 bits per heavy atom. The number of carbonyl (C=O) groups excluding carboxylic acids is 3. The van der Waals surface area contributed by atoms with Crippen LogP contribution in [-0.2, 0) is 23.9 Å². The minimum atomic E-state index is -0.805. The van der Waals surface area contributed by atoms with Gasteiger partial charge in [0, 0.05) is 19.3 Å². The fraction of sp³-hybridized carbons (Fsp3) is 0.794. The molecule has 6 nitrogen and oxygen atoms in total. The van der Waals surface area contributed by atoms with E-state index in [1.54, 1.807) is 6.08 Å². The SMILES string of the molecule is CCCCC/C=C\C=C\C(=O)CCCCCCCC(=O)OC[C@H](CO)OC(=O)CCCCCCCCCC(C)C. The van der Waals surface area contributed by atoms with E-state index in [2.05, 4.69) is 26.8 Å². The van der Waals surface area contributed by atoms with Gasteiger partial charge in [-0.25, -0.2) is 0 Å². The normalized spacial score (nSPS) is 12.4. The first kappa shape index (κ1) is 38.0. The lowest BCUT2D eigenvalue weighted by Gasteiger charge is -2.15. The predicted molar refractivity (Wildman–Crippen MR) is 164 cm³/mol. The number of rotatable bonds is 28. The molecule has 0 amide bonds. The summed E-state index contributed by atoms with van der Waals surface area (Å²) in [5.41, 5.74) is 0. The zero-order chi connectivity index (χ0) is 29.7. The van der Waals surface area contributed by atoms with Gasteiger partial charge in [-0.1, -0.05) is 116 Å². The lowest BCUT2D eigenvalue weighted by atomic mass is 10.0. The Kier molecular flexibility index (Phi) is 27.2. The van der Waals surface area contributed by atoms with E-state index in [9.17, 15) is 19.5 Å². The van der Waals surface area contributed by atoms with E-state index in [0.29, 0.717) is 19.3 Å². The van der Waals surface area contributed by atoms with Crippen LogP contribution in [0.2, 0.25) is 0 Å². The summed E-state index contributed by atoms with van der Waals surface area (Å²) in [5, 5.41) is 9.47. The van der Waals surface area contributed by atoms with Crippen LogP contribution in [0, 0.1) is 5.92 Å². The summed E-state index contributed by atoms with van der Waals surface area (Å²) < 4.78 is 10.5. The zero-order valence-electron chi connectivity index (χ0n) is 26.0. The van der Waals surface area contributed by atoms with Crippen molar-refractivity contribution in [3.8, 4) is 0 Å². The van der Waals surface area contributed by atoms with Crippen LogP contribution in [0.1, 0.15) is 149 Å². The van der Waals surface area contributed by atoms with E-state index < -0.39 is 6.10 Å². The highest BCUT2D eigenvalue weighted by atomic mass is 16.6. The van der Waals surface area contributed by atoms with Crippen LogP contribution in [0.5, 0.6) is 0 Å². The predicted octanol–water partition coefficient (Wildman–Crippen LogP) is 8.59. The van der Waals surface area contributed by atoms with E-state index in [1.165, 1.54) is 51.4 Å². The molecule has 0 aliphatic heterocycles. The molecule has 232 valence electrons. The number of ketones is 1. The number of hydrogen-bond acceptors (Lipinski definition) is 6. The largest absolute Gasteiger partial charge is 0.462 e. The Bertz CT molecular complexity index is 682. The molecule has 0 heterocycles. The van der Waals surface area contributed by atoms with E-state index in [-0.39, 0.29) is 30.9 Å². The maximum atomic E-state index is 12.0. The summed E-state index contributed by atoms with van der Waals surface area (Å²) in [5.74, 6) is 0.248. The Morgan fingerprint density at radius 1 is 0.700 bits per heavy atom. The number of aliphatic hydroxyl groups is 1. The second-order valence-corrected chi connectivity index (χ2v) is 11.4. The molecule has 1 N–H and O–H groups in total. The average Bonchev–Trinajstić information content (AvgIpc) is 2.93. The maximum Gasteiger partial charge on any atom is 0.306 e.